The smallest absolute Gasteiger partial charge is 0.0636 e. The summed E-state index contributed by atoms with van der Waals surface area (Å²) in [6, 6.07) is 0.254. The van der Waals surface area contributed by atoms with Crippen LogP contribution in [0.4, 0.5) is 0 Å². The van der Waals surface area contributed by atoms with Gasteiger partial charge in [0.15, 0.2) is 0 Å². The molecule has 4 heteroatoms. The van der Waals surface area contributed by atoms with E-state index in [1.165, 1.54) is 0 Å². The Morgan fingerprint density at radius 2 is 2.36 bits per heavy atom. The zero-order chi connectivity index (χ0) is 10.4. The molecule has 1 aliphatic heterocycles. The lowest BCUT2D eigenvalue weighted by molar-refractivity contribution is 0.0553. The van der Waals surface area contributed by atoms with Gasteiger partial charge in [-0.1, -0.05) is 0 Å². The number of hydrogen-bond acceptors (Lipinski definition) is 4. The van der Waals surface area contributed by atoms with E-state index in [1.807, 2.05) is 13.8 Å². The highest BCUT2D eigenvalue weighted by molar-refractivity contribution is 4.72. The van der Waals surface area contributed by atoms with Gasteiger partial charge in [-0.15, -0.1) is 0 Å². The normalized spacial score (nSPS) is 24.4. The van der Waals surface area contributed by atoms with Crippen molar-refractivity contribution >= 4 is 0 Å². The minimum atomic E-state index is 0.254. The van der Waals surface area contributed by atoms with Crippen LogP contribution >= 0.6 is 0 Å². The SMILES string of the molecule is CC(C)OCC(CC1CCOC1)NN. The summed E-state index contributed by atoms with van der Waals surface area (Å²) >= 11 is 0. The lowest BCUT2D eigenvalue weighted by Gasteiger charge is -2.20. The molecular weight excluding hydrogens is 180 g/mol. The molecule has 0 aromatic carbocycles. The summed E-state index contributed by atoms with van der Waals surface area (Å²) in [5, 5.41) is 0. The third kappa shape index (κ3) is 4.37. The molecule has 4 nitrogen and oxygen atoms in total. The Hall–Kier alpha value is -0.160. The standard InChI is InChI=1S/C10H22N2O2/c1-8(2)14-7-10(12-11)5-9-3-4-13-6-9/h8-10,12H,3-7,11H2,1-2H3. The van der Waals surface area contributed by atoms with Crippen LogP contribution in [0.1, 0.15) is 26.7 Å². The molecule has 2 unspecified atom stereocenters. The molecule has 0 spiro atoms. The van der Waals surface area contributed by atoms with Gasteiger partial charge in [-0.2, -0.15) is 0 Å². The molecule has 0 amide bonds. The first-order valence-electron chi connectivity index (χ1n) is 5.38. The zero-order valence-corrected chi connectivity index (χ0v) is 9.16. The average Bonchev–Trinajstić information content (AvgIpc) is 2.64. The first-order chi connectivity index (χ1) is 6.72. The summed E-state index contributed by atoms with van der Waals surface area (Å²) in [5.74, 6) is 6.11. The van der Waals surface area contributed by atoms with Crippen LogP contribution in [0.3, 0.4) is 0 Å². The van der Waals surface area contributed by atoms with E-state index in [4.69, 9.17) is 15.3 Å². The van der Waals surface area contributed by atoms with Crippen LogP contribution in [0, 0.1) is 5.92 Å². The van der Waals surface area contributed by atoms with Crippen molar-refractivity contribution in [1.29, 1.82) is 0 Å². The average molecular weight is 202 g/mol. The highest BCUT2D eigenvalue weighted by atomic mass is 16.5. The molecule has 3 N–H and O–H groups in total. The van der Waals surface area contributed by atoms with E-state index in [2.05, 4.69) is 5.43 Å². The van der Waals surface area contributed by atoms with Gasteiger partial charge in [0, 0.05) is 19.3 Å². The highest BCUT2D eigenvalue weighted by Gasteiger charge is 2.20. The predicted octanol–water partition coefficient (Wildman–Crippen LogP) is 0.670. The van der Waals surface area contributed by atoms with Crippen LogP contribution in [-0.4, -0.2) is 32.0 Å². The molecule has 1 saturated heterocycles. The molecule has 0 bridgehead atoms. The Kier molecular flexibility index (Phi) is 5.40. The van der Waals surface area contributed by atoms with Gasteiger partial charge < -0.3 is 9.47 Å². The molecular formula is C10H22N2O2. The summed E-state index contributed by atoms with van der Waals surface area (Å²) < 4.78 is 10.8. The van der Waals surface area contributed by atoms with Crippen LogP contribution in [-0.2, 0) is 9.47 Å². The molecule has 84 valence electrons. The Balaban J connectivity index is 2.16. The summed E-state index contributed by atoms with van der Waals surface area (Å²) in [6.45, 7) is 6.52. The highest BCUT2D eigenvalue weighted by Crippen LogP contribution is 2.18. The second kappa shape index (κ2) is 6.35. The van der Waals surface area contributed by atoms with Gasteiger partial charge in [0.1, 0.15) is 0 Å². The van der Waals surface area contributed by atoms with E-state index in [0.29, 0.717) is 12.5 Å². The largest absolute Gasteiger partial charge is 0.381 e. The molecule has 0 aliphatic carbocycles. The van der Waals surface area contributed by atoms with Crippen molar-refractivity contribution in [1.82, 2.24) is 5.43 Å². The van der Waals surface area contributed by atoms with Gasteiger partial charge in [-0.25, -0.2) is 0 Å². The minimum absolute atomic E-state index is 0.254. The molecule has 0 saturated carbocycles. The van der Waals surface area contributed by atoms with E-state index in [9.17, 15) is 0 Å². The molecule has 1 aliphatic rings. The first-order valence-corrected chi connectivity index (χ1v) is 5.38. The quantitative estimate of drug-likeness (QED) is 0.491. The number of hydrogen-bond donors (Lipinski definition) is 2. The minimum Gasteiger partial charge on any atom is -0.381 e. The maximum atomic E-state index is 5.52. The summed E-state index contributed by atoms with van der Waals surface area (Å²) in [6.07, 6.45) is 2.47. The second-order valence-electron chi connectivity index (χ2n) is 4.21. The van der Waals surface area contributed by atoms with Crippen molar-refractivity contribution in [2.45, 2.75) is 38.8 Å². The Labute approximate surface area is 86.1 Å². The lowest BCUT2D eigenvalue weighted by Crippen LogP contribution is -2.40. The van der Waals surface area contributed by atoms with Crippen LogP contribution in [0.25, 0.3) is 0 Å². The number of nitrogens with two attached hydrogens (primary N) is 1. The molecule has 1 rings (SSSR count). The third-order valence-electron chi connectivity index (χ3n) is 2.51. The number of hydrazine groups is 1. The van der Waals surface area contributed by atoms with E-state index < -0.39 is 0 Å². The fourth-order valence-corrected chi connectivity index (χ4v) is 1.66. The number of rotatable bonds is 6. The van der Waals surface area contributed by atoms with E-state index >= 15 is 0 Å². The van der Waals surface area contributed by atoms with Gasteiger partial charge in [0.05, 0.1) is 12.7 Å². The van der Waals surface area contributed by atoms with Crippen LogP contribution in [0.15, 0.2) is 0 Å². The molecule has 1 fully saturated rings. The van der Waals surface area contributed by atoms with E-state index in [1.54, 1.807) is 0 Å². The third-order valence-corrected chi connectivity index (χ3v) is 2.51. The second-order valence-corrected chi connectivity index (χ2v) is 4.21. The van der Waals surface area contributed by atoms with Crippen molar-refractivity contribution in [3.05, 3.63) is 0 Å². The van der Waals surface area contributed by atoms with Crippen LogP contribution in [0.5, 0.6) is 0 Å². The Morgan fingerprint density at radius 3 is 2.86 bits per heavy atom. The monoisotopic (exact) mass is 202 g/mol. The Morgan fingerprint density at radius 1 is 1.57 bits per heavy atom. The summed E-state index contributed by atoms with van der Waals surface area (Å²) in [5.41, 5.74) is 2.80. The van der Waals surface area contributed by atoms with Crippen LogP contribution in [0.2, 0.25) is 0 Å². The van der Waals surface area contributed by atoms with Gasteiger partial charge in [-0.05, 0) is 32.6 Å². The van der Waals surface area contributed by atoms with Crippen molar-refractivity contribution in [3.63, 3.8) is 0 Å². The summed E-state index contributed by atoms with van der Waals surface area (Å²) in [7, 11) is 0. The zero-order valence-electron chi connectivity index (χ0n) is 9.16. The van der Waals surface area contributed by atoms with Gasteiger partial charge in [-0.3, -0.25) is 11.3 Å². The molecule has 14 heavy (non-hydrogen) atoms. The van der Waals surface area contributed by atoms with Gasteiger partial charge in [0.25, 0.3) is 0 Å². The molecule has 0 aromatic rings. The van der Waals surface area contributed by atoms with Crippen molar-refractivity contribution in [2.75, 3.05) is 19.8 Å². The lowest BCUT2D eigenvalue weighted by atomic mass is 10.00. The van der Waals surface area contributed by atoms with E-state index in [-0.39, 0.29) is 12.1 Å². The van der Waals surface area contributed by atoms with E-state index in [0.717, 1.165) is 26.1 Å². The number of nitrogens with one attached hydrogen (secondary N) is 1. The van der Waals surface area contributed by atoms with Gasteiger partial charge in [0.2, 0.25) is 0 Å². The van der Waals surface area contributed by atoms with Crippen molar-refractivity contribution in [3.8, 4) is 0 Å². The summed E-state index contributed by atoms with van der Waals surface area (Å²) in [4.78, 5) is 0. The number of ether oxygens (including phenoxy) is 2. The van der Waals surface area contributed by atoms with Crippen LogP contribution < -0.4 is 11.3 Å². The fourth-order valence-electron chi connectivity index (χ4n) is 1.66. The topological polar surface area (TPSA) is 56.5 Å². The Bertz CT molecular complexity index is 147. The molecule has 2 atom stereocenters. The van der Waals surface area contributed by atoms with Crippen molar-refractivity contribution in [2.24, 2.45) is 11.8 Å². The van der Waals surface area contributed by atoms with Gasteiger partial charge >= 0.3 is 0 Å². The first kappa shape index (κ1) is 11.9. The predicted molar refractivity (Wildman–Crippen MR) is 55.7 cm³/mol. The van der Waals surface area contributed by atoms with Crippen molar-refractivity contribution < 1.29 is 9.47 Å². The fraction of sp³-hybridized carbons (Fsp3) is 1.00. The molecule has 1 heterocycles. The maximum absolute atomic E-state index is 5.52. The maximum Gasteiger partial charge on any atom is 0.0636 e. The molecule has 0 aromatic heterocycles. The molecule has 0 radical (unpaired) electrons.